The van der Waals surface area contributed by atoms with Crippen LogP contribution in [0.25, 0.3) is 0 Å². The number of fused-ring (bicyclic) bond motifs is 4. The minimum absolute atomic E-state index is 0.586. The van der Waals surface area contributed by atoms with Crippen molar-refractivity contribution in [3.63, 3.8) is 0 Å². The van der Waals surface area contributed by atoms with Crippen molar-refractivity contribution in [1.82, 2.24) is 5.32 Å². The van der Waals surface area contributed by atoms with Gasteiger partial charge in [0.25, 0.3) is 0 Å². The predicted octanol–water partition coefficient (Wildman–Crippen LogP) is 2.72. The lowest BCUT2D eigenvalue weighted by molar-refractivity contribution is -0.179. The molecule has 0 amide bonds. The Kier molecular flexibility index (Phi) is 2.09. The molecule has 0 aromatic carbocycles. The molecule has 6 atom stereocenters. The van der Waals surface area contributed by atoms with Gasteiger partial charge in [0.2, 0.25) is 0 Å². The highest BCUT2D eigenvalue weighted by atomic mass is 16.5. The van der Waals surface area contributed by atoms with Crippen molar-refractivity contribution in [1.29, 1.82) is 0 Å². The first kappa shape index (κ1) is 10.7. The highest BCUT2D eigenvalue weighted by molar-refractivity contribution is 5.19. The summed E-state index contributed by atoms with van der Waals surface area (Å²) in [6.07, 6.45) is 12.3. The molecule has 0 radical (unpaired) electrons. The van der Waals surface area contributed by atoms with Crippen molar-refractivity contribution in [3.05, 3.63) is 0 Å². The van der Waals surface area contributed by atoms with Crippen LogP contribution in [0, 0.1) is 23.2 Å². The van der Waals surface area contributed by atoms with Gasteiger partial charge in [-0.3, -0.25) is 0 Å². The van der Waals surface area contributed by atoms with Gasteiger partial charge < -0.3 is 10.1 Å². The lowest BCUT2D eigenvalue weighted by Crippen LogP contribution is -2.72. The third-order valence-corrected chi connectivity index (χ3v) is 7.17. The average molecular weight is 247 g/mol. The molecular formula is C16H25NO. The molecule has 5 aliphatic rings. The Hall–Kier alpha value is -0.0800. The van der Waals surface area contributed by atoms with Crippen LogP contribution in [-0.4, -0.2) is 24.8 Å². The van der Waals surface area contributed by atoms with E-state index in [1.165, 1.54) is 51.4 Å². The number of nitrogens with one attached hydrogen (secondary N) is 1. The van der Waals surface area contributed by atoms with Crippen molar-refractivity contribution >= 4 is 0 Å². The first-order chi connectivity index (χ1) is 8.87. The highest BCUT2D eigenvalue weighted by Crippen LogP contribution is 2.63. The van der Waals surface area contributed by atoms with E-state index in [2.05, 4.69) is 5.32 Å². The molecule has 1 aliphatic heterocycles. The SMILES string of the molecule is C1CC2(C1)[C@H](N[C@@H]1C[C@H]3CC[C@H]1C3)[C@H]1CCO[C@@H]12. The van der Waals surface area contributed by atoms with Gasteiger partial charge in [-0.25, -0.2) is 0 Å². The summed E-state index contributed by atoms with van der Waals surface area (Å²) in [6.45, 7) is 1.03. The zero-order valence-electron chi connectivity index (χ0n) is 11.2. The fourth-order valence-electron chi connectivity index (χ4n) is 6.17. The number of ether oxygens (including phenoxy) is 1. The molecule has 1 N–H and O–H groups in total. The molecule has 4 saturated carbocycles. The van der Waals surface area contributed by atoms with E-state index in [0.29, 0.717) is 11.5 Å². The molecule has 0 aromatic heterocycles. The maximum atomic E-state index is 6.03. The molecule has 0 aromatic rings. The zero-order valence-corrected chi connectivity index (χ0v) is 11.2. The normalized spacial score (nSPS) is 55.3. The van der Waals surface area contributed by atoms with E-state index in [9.17, 15) is 0 Å². The Morgan fingerprint density at radius 3 is 2.67 bits per heavy atom. The molecule has 2 heteroatoms. The second kappa shape index (κ2) is 3.52. The van der Waals surface area contributed by atoms with E-state index in [1.807, 2.05) is 0 Å². The number of rotatable bonds is 2. The smallest absolute Gasteiger partial charge is 0.0690 e. The van der Waals surface area contributed by atoms with Gasteiger partial charge in [0.05, 0.1) is 6.10 Å². The first-order valence-electron chi connectivity index (χ1n) is 8.24. The summed E-state index contributed by atoms with van der Waals surface area (Å²) < 4.78 is 6.03. The molecule has 5 rings (SSSR count). The Morgan fingerprint density at radius 2 is 2.00 bits per heavy atom. The molecule has 2 nitrogen and oxygen atoms in total. The number of hydrogen-bond acceptors (Lipinski definition) is 2. The van der Waals surface area contributed by atoms with E-state index >= 15 is 0 Å². The molecule has 100 valence electrons. The lowest BCUT2D eigenvalue weighted by Gasteiger charge is -2.64. The molecule has 1 saturated heterocycles. The van der Waals surface area contributed by atoms with Crippen LogP contribution in [0.1, 0.15) is 51.4 Å². The molecule has 1 spiro atoms. The Labute approximate surface area is 110 Å². The van der Waals surface area contributed by atoms with Crippen molar-refractivity contribution in [2.24, 2.45) is 23.2 Å². The minimum Gasteiger partial charge on any atom is -0.377 e. The summed E-state index contributed by atoms with van der Waals surface area (Å²) in [5, 5.41) is 4.13. The number of hydrogen-bond donors (Lipinski definition) is 1. The van der Waals surface area contributed by atoms with Crippen molar-refractivity contribution in [3.8, 4) is 0 Å². The van der Waals surface area contributed by atoms with Gasteiger partial charge in [-0.2, -0.15) is 0 Å². The molecule has 1 heterocycles. The van der Waals surface area contributed by atoms with Crippen LogP contribution in [0.15, 0.2) is 0 Å². The maximum absolute atomic E-state index is 6.03. The third-order valence-electron chi connectivity index (χ3n) is 7.17. The lowest BCUT2D eigenvalue weighted by atomic mass is 9.46. The molecule has 5 fully saturated rings. The summed E-state index contributed by atoms with van der Waals surface area (Å²) in [5.74, 6) is 2.96. The Morgan fingerprint density at radius 1 is 1.06 bits per heavy atom. The van der Waals surface area contributed by atoms with Gasteiger partial charge in [-0.05, 0) is 50.4 Å². The summed E-state index contributed by atoms with van der Waals surface area (Å²) in [6, 6.07) is 1.69. The quantitative estimate of drug-likeness (QED) is 0.810. The van der Waals surface area contributed by atoms with E-state index in [4.69, 9.17) is 4.74 Å². The van der Waals surface area contributed by atoms with Crippen molar-refractivity contribution in [2.45, 2.75) is 69.6 Å². The van der Waals surface area contributed by atoms with Crippen LogP contribution in [0.4, 0.5) is 0 Å². The summed E-state index contributed by atoms with van der Waals surface area (Å²) in [7, 11) is 0. The van der Waals surface area contributed by atoms with Gasteiger partial charge in [0.1, 0.15) is 0 Å². The van der Waals surface area contributed by atoms with Crippen LogP contribution < -0.4 is 5.32 Å². The fraction of sp³-hybridized carbons (Fsp3) is 1.00. The molecular weight excluding hydrogens is 222 g/mol. The van der Waals surface area contributed by atoms with Gasteiger partial charge in [0.15, 0.2) is 0 Å². The van der Waals surface area contributed by atoms with Gasteiger partial charge in [-0.15, -0.1) is 0 Å². The van der Waals surface area contributed by atoms with Crippen LogP contribution in [0.5, 0.6) is 0 Å². The first-order valence-corrected chi connectivity index (χ1v) is 8.24. The Balaban J connectivity index is 1.34. The van der Waals surface area contributed by atoms with Crippen molar-refractivity contribution in [2.75, 3.05) is 6.61 Å². The average Bonchev–Trinajstić information content (AvgIpc) is 2.97. The zero-order chi connectivity index (χ0) is 11.7. The summed E-state index contributed by atoms with van der Waals surface area (Å²) in [4.78, 5) is 0. The standard InChI is InChI=1S/C16H25NO/c1-5-16(6-1)14(12-4-7-18-15(12)16)17-13-9-10-2-3-11(13)8-10/h10-15,17H,1-9H2/t10-,11-,12+,13+,14+,15-/m0/s1. The molecule has 2 bridgehead atoms. The maximum Gasteiger partial charge on any atom is 0.0690 e. The second-order valence-corrected chi connectivity index (χ2v) is 7.76. The largest absolute Gasteiger partial charge is 0.377 e. The van der Waals surface area contributed by atoms with Gasteiger partial charge >= 0.3 is 0 Å². The minimum atomic E-state index is 0.586. The Bertz CT molecular complexity index is 364. The topological polar surface area (TPSA) is 21.3 Å². The van der Waals surface area contributed by atoms with Gasteiger partial charge in [-0.1, -0.05) is 12.8 Å². The summed E-state index contributed by atoms with van der Waals surface area (Å²) >= 11 is 0. The van der Waals surface area contributed by atoms with Crippen LogP contribution >= 0.6 is 0 Å². The van der Waals surface area contributed by atoms with Gasteiger partial charge in [0, 0.05) is 30.0 Å². The van der Waals surface area contributed by atoms with Crippen LogP contribution in [0.2, 0.25) is 0 Å². The van der Waals surface area contributed by atoms with Crippen LogP contribution in [-0.2, 0) is 4.74 Å². The second-order valence-electron chi connectivity index (χ2n) is 7.76. The van der Waals surface area contributed by atoms with Crippen LogP contribution in [0.3, 0.4) is 0 Å². The van der Waals surface area contributed by atoms with E-state index in [-0.39, 0.29) is 0 Å². The molecule has 18 heavy (non-hydrogen) atoms. The summed E-state index contributed by atoms with van der Waals surface area (Å²) in [5.41, 5.74) is 0.586. The third kappa shape index (κ3) is 1.17. The van der Waals surface area contributed by atoms with E-state index in [1.54, 1.807) is 0 Å². The highest BCUT2D eigenvalue weighted by Gasteiger charge is 2.66. The monoisotopic (exact) mass is 247 g/mol. The fourth-order valence-corrected chi connectivity index (χ4v) is 6.17. The molecule has 4 aliphatic carbocycles. The van der Waals surface area contributed by atoms with Crippen molar-refractivity contribution < 1.29 is 4.74 Å². The predicted molar refractivity (Wildman–Crippen MR) is 70.3 cm³/mol. The van der Waals surface area contributed by atoms with E-state index < -0.39 is 0 Å². The molecule has 0 unspecified atom stereocenters. The van der Waals surface area contributed by atoms with E-state index in [0.717, 1.165) is 36.4 Å².